The Kier molecular flexibility index (Phi) is 4.31. The summed E-state index contributed by atoms with van der Waals surface area (Å²) in [5.41, 5.74) is 2.93. The summed E-state index contributed by atoms with van der Waals surface area (Å²) in [7, 11) is 1.67. The summed E-state index contributed by atoms with van der Waals surface area (Å²) in [5, 5.41) is 0. The molecule has 0 spiro atoms. The Hall–Kier alpha value is -2.91. The Morgan fingerprint density at radius 3 is 1.77 bits per heavy atom. The number of hydrogen-bond acceptors (Lipinski definition) is 3. The molecule has 1 heterocycles. The number of nitrogens with zero attached hydrogens (tertiary/aromatic N) is 1. The van der Waals surface area contributed by atoms with Crippen molar-refractivity contribution in [2.24, 2.45) is 0 Å². The standard InChI is InChI=1S/C23H21NO2/c1-26-22-14-12-20(13-15-22)23(24-16-21(24)17-25,18-8-4-2-5-9-18)19-10-6-3-7-11-19/h2-15,17,21H,16H2,1H3/t21-,24?/m0/s1. The monoisotopic (exact) mass is 343 g/mol. The largest absolute Gasteiger partial charge is 0.497 e. The van der Waals surface area contributed by atoms with Gasteiger partial charge in [0.1, 0.15) is 12.0 Å². The van der Waals surface area contributed by atoms with Gasteiger partial charge in [0.25, 0.3) is 0 Å². The van der Waals surface area contributed by atoms with Crippen molar-refractivity contribution in [1.82, 2.24) is 4.90 Å². The second kappa shape index (κ2) is 6.77. The lowest BCUT2D eigenvalue weighted by molar-refractivity contribution is -0.108. The van der Waals surface area contributed by atoms with Crippen LogP contribution in [0.5, 0.6) is 5.75 Å². The number of benzene rings is 3. The molecule has 0 bridgehead atoms. The van der Waals surface area contributed by atoms with E-state index >= 15 is 0 Å². The maximum atomic E-state index is 11.6. The first-order chi connectivity index (χ1) is 12.8. The predicted octanol–water partition coefficient (Wildman–Crippen LogP) is 3.87. The molecule has 1 saturated heterocycles. The number of carbonyl (C=O) groups excluding carboxylic acids is 1. The fourth-order valence-corrected chi connectivity index (χ4v) is 3.84. The van der Waals surface area contributed by atoms with E-state index in [-0.39, 0.29) is 6.04 Å². The van der Waals surface area contributed by atoms with Crippen LogP contribution >= 0.6 is 0 Å². The first-order valence-corrected chi connectivity index (χ1v) is 8.78. The number of ether oxygens (including phenoxy) is 1. The lowest BCUT2D eigenvalue weighted by atomic mass is 9.76. The van der Waals surface area contributed by atoms with Crippen LogP contribution < -0.4 is 4.74 Å². The highest BCUT2D eigenvalue weighted by atomic mass is 16.5. The van der Waals surface area contributed by atoms with Crippen molar-refractivity contribution in [2.75, 3.05) is 13.7 Å². The van der Waals surface area contributed by atoms with Gasteiger partial charge in [-0.2, -0.15) is 0 Å². The van der Waals surface area contributed by atoms with Gasteiger partial charge in [-0.3, -0.25) is 4.90 Å². The van der Waals surface area contributed by atoms with Gasteiger partial charge < -0.3 is 9.53 Å². The molecule has 4 rings (SSSR count). The van der Waals surface area contributed by atoms with E-state index in [2.05, 4.69) is 65.6 Å². The van der Waals surface area contributed by atoms with Crippen LogP contribution in [0.2, 0.25) is 0 Å². The summed E-state index contributed by atoms with van der Waals surface area (Å²) in [6, 6.07) is 28.9. The molecule has 1 fully saturated rings. The molecule has 1 aliphatic heterocycles. The Morgan fingerprint density at radius 2 is 1.35 bits per heavy atom. The zero-order valence-electron chi connectivity index (χ0n) is 14.7. The number of carbonyl (C=O) groups is 1. The van der Waals surface area contributed by atoms with Gasteiger partial charge in [0.2, 0.25) is 0 Å². The molecule has 0 amide bonds. The summed E-state index contributed by atoms with van der Waals surface area (Å²) < 4.78 is 5.34. The number of rotatable bonds is 6. The summed E-state index contributed by atoms with van der Waals surface area (Å²) >= 11 is 0. The molecule has 3 heteroatoms. The molecule has 1 aliphatic rings. The van der Waals surface area contributed by atoms with Crippen LogP contribution in [0.15, 0.2) is 84.9 Å². The van der Waals surface area contributed by atoms with Gasteiger partial charge in [0.05, 0.1) is 18.7 Å². The number of hydrogen-bond donors (Lipinski definition) is 0. The highest BCUT2D eigenvalue weighted by molar-refractivity contribution is 5.65. The van der Waals surface area contributed by atoms with Crippen molar-refractivity contribution in [1.29, 1.82) is 0 Å². The fourth-order valence-electron chi connectivity index (χ4n) is 3.84. The average molecular weight is 343 g/mol. The molecule has 0 saturated carbocycles. The van der Waals surface area contributed by atoms with Crippen LogP contribution in [-0.4, -0.2) is 30.9 Å². The molecule has 0 aromatic heterocycles. The molecule has 3 aromatic carbocycles. The molecular formula is C23H21NO2. The van der Waals surface area contributed by atoms with Gasteiger partial charge in [0, 0.05) is 6.54 Å². The molecule has 0 N–H and O–H groups in total. The van der Waals surface area contributed by atoms with Crippen LogP contribution in [0.3, 0.4) is 0 Å². The second-order valence-corrected chi connectivity index (χ2v) is 6.53. The van der Waals surface area contributed by atoms with E-state index in [1.807, 2.05) is 24.3 Å². The maximum Gasteiger partial charge on any atom is 0.138 e. The van der Waals surface area contributed by atoms with Crippen LogP contribution in [0.4, 0.5) is 0 Å². The minimum Gasteiger partial charge on any atom is -0.497 e. The third-order valence-electron chi connectivity index (χ3n) is 5.13. The van der Waals surface area contributed by atoms with Gasteiger partial charge in [0.15, 0.2) is 0 Å². The Balaban J connectivity index is 1.99. The summed E-state index contributed by atoms with van der Waals surface area (Å²) in [4.78, 5) is 13.8. The molecule has 0 radical (unpaired) electrons. The molecule has 3 aromatic rings. The minimum absolute atomic E-state index is 0.0717. The summed E-state index contributed by atoms with van der Waals surface area (Å²) in [6.45, 7) is 0.749. The minimum atomic E-state index is -0.500. The summed E-state index contributed by atoms with van der Waals surface area (Å²) in [5.74, 6) is 0.821. The lowest BCUT2D eigenvalue weighted by Crippen LogP contribution is -2.39. The van der Waals surface area contributed by atoms with Crippen LogP contribution in [0.25, 0.3) is 0 Å². The highest BCUT2D eigenvalue weighted by Crippen LogP contribution is 2.47. The molecule has 2 atom stereocenters. The third-order valence-corrected chi connectivity index (χ3v) is 5.13. The fraction of sp³-hybridized carbons (Fsp3) is 0.174. The maximum absolute atomic E-state index is 11.6. The van der Waals surface area contributed by atoms with Gasteiger partial charge in [-0.15, -0.1) is 0 Å². The van der Waals surface area contributed by atoms with E-state index in [0.717, 1.165) is 35.3 Å². The van der Waals surface area contributed by atoms with Crippen molar-refractivity contribution in [2.45, 2.75) is 11.6 Å². The molecule has 130 valence electrons. The smallest absolute Gasteiger partial charge is 0.138 e. The first kappa shape index (κ1) is 16.6. The Morgan fingerprint density at radius 1 is 0.846 bits per heavy atom. The van der Waals surface area contributed by atoms with Crippen LogP contribution in [-0.2, 0) is 10.3 Å². The van der Waals surface area contributed by atoms with E-state index in [9.17, 15) is 4.79 Å². The van der Waals surface area contributed by atoms with Crippen LogP contribution in [0.1, 0.15) is 16.7 Å². The van der Waals surface area contributed by atoms with E-state index < -0.39 is 5.54 Å². The van der Waals surface area contributed by atoms with Gasteiger partial charge in [-0.25, -0.2) is 0 Å². The second-order valence-electron chi connectivity index (χ2n) is 6.53. The van der Waals surface area contributed by atoms with Gasteiger partial charge in [-0.1, -0.05) is 72.8 Å². The molecular weight excluding hydrogens is 322 g/mol. The van der Waals surface area contributed by atoms with Gasteiger partial charge >= 0.3 is 0 Å². The van der Waals surface area contributed by atoms with Crippen LogP contribution in [0, 0.1) is 0 Å². The van der Waals surface area contributed by atoms with E-state index in [4.69, 9.17) is 4.74 Å². The van der Waals surface area contributed by atoms with Crippen molar-refractivity contribution < 1.29 is 9.53 Å². The SMILES string of the molecule is COc1ccc(C(c2ccccc2)(c2ccccc2)N2C[C@H]2C=O)cc1. The van der Waals surface area contributed by atoms with Crippen molar-refractivity contribution in [3.63, 3.8) is 0 Å². The molecule has 26 heavy (non-hydrogen) atoms. The van der Waals surface area contributed by atoms with Gasteiger partial charge in [-0.05, 0) is 28.8 Å². The van der Waals surface area contributed by atoms with Crippen molar-refractivity contribution >= 4 is 6.29 Å². The Bertz CT molecular complexity index is 836. The molecule has 1 unspecified atom stereocenters. The normalized spacial score (nSPS) is 19.0. The predicted molar refractivity (Wildman–Crippen MR) is 102 cm³/mol. The average Bonchev–Trinajstić information content (AvgIpc) is 3.51. The van der Waals surface area contributed by atoms with E-state index in [1.165, 1.54) is 0 Å². The third kappa shape index (κ3) is 2.61. The first-order valence-electron chi connectivity index (χ1n) is 8.78. The zero-order valence-corrected chi connectivity index (χ0v) is 14.7. The quantitative estimate of drug-likeness (QED) is 0.386. The number of aldehydes is 1. The molecule has 3 nitrogen and oxygen atoms in total. The lowest BCUT2D eigenvalue weighted by Gasteiger charge is -2.38. The highest BCUT2D eigenvalue weighted by Gasteiger charge is 2.53. The van der Waals surface area contributed by atoms with E-state index in [1.54, 1.807) is 7.11 Å². The topological polar surface area (TPSA) is 29.3 Å². The Labute approximate surface area is 153 Å². The van der Waals surface area contributed by atoms with E-state index in [0.29, 0.717) is 0 Å². The zero-order chi connectivity index (χ0) is 18.0. The molecule has 0 aliphatic carbocycles. The number of methoxy groups -OCH3 is 1. The van der Waals surface area contributed by atoms with Crippen molar-refractivity contribution in [3.8, 4) is 5.75 Å². The summed E-state index contributed by atoms with van der Waals surface area (Å²) in [6.07, 6.45) is 1.05. The van der Waals surface area contributed by atoms with Crippen molar-refractivity contribution in [3.05, 3.63) is 102 Å².